The molecule has 0 spiro atoms. The summed E-state index contributed by atoms with van der Waals surface area (Å²) < 4.78 is 20.3. The van der Waals surface area contributed by atoms with Gasteiger partial charge in [0.05, 0.1) is 12.3 Å². The molecule has 0 amide bonds. The highest BCUT2D eigenvalue weighted by molar-refractivity contribution is 6.99. The molecule has 0 radical (unpaired) electrons. The van der Waals surface area contributed by atoms with Crippen LogP contribution in [0.25, 0.3) is 11.5 Å². The predicted octanol–water partition coefficient (Wildman–Crippen LogP) is 5.93. The Morgan fingerprint density at radius 3 is 2.03 bits per heavy atom. The Balaban J connectivity index is 1.65. The Labute approximate surface area is 222 Å². The summed E-state index contributed by atoms with van der Waals surface area (Å²) in [4.78, 5) is 4.92. The molecule has 0 unspecified atom stereocenters. The maximum atomic E-state index is 7.09. The molecular formula is C29H39N3O3Si2. The number of imidazole rings is 1. The first-order chi connectivity index (χ1) is 17.6. The minimum atomic E-state index is -2.67. The minimum absolute atomic E-state index is 0.104. The standard InChI is InChI=1S/C29H39N3O3Si2/c1-29(2,3)37(25-13-9-7-10-14-25,26-15-11-8-12-16-26)35-22-24-21-32(23-33-19-20-36(4,5)6)28(30-24)27-17-18-34-31-27/h7-18,21H,19-20,22-23H2,1-6H3. The van der Waals surface area contributed by atoms with Crippen LogP contribution in [0.15, 0.2) is 83.7 Å². The van der Waals surface area contributed by atoms with Crippen LogP contribution in [0.1, 0.15) is 26.5 Å². The second-order valence-electron chi connectivity index (χ2n) is 11.7. The molecule has 0 bridgehead atoms. The summed E-state index contributed by atoms with van der Waals surface area (Å²) in [5, 5.41) is 6.53. The number of rotatable bonds is 11. The zero-order chi connectivity index (χ0) is 26.5. The molecule has 37 heavy (non-hydrogen) atoms. The van der Waals surface area contributed by atoms with Crippen LogP contribution >= 0.6 is 0 Å². The van der Waals surface area contributed by atoms with Crippen LogP contribution in [-0.2, 0) is 22.5 Å². The number of nitrogens with zero attached hydrogens (tertiary/aromatic N) is 3. The smallest absolute Gasteiger partial charge is 0.261 e. The van der Waals surface area contributed by atoms with Gasteiger partial charge in [-0.15, -0.1) is 0 Å². The molecule has 0 N–H and O–H groups in total. The molecule has 2 aromatic carbocycles. The van der Waals surface area contributed by atoms with Gasteiger partial charge >= 0.3 is 0 Å². The van der Waals surface area contributed by atoms with Crippen molar-refractivity contribution < 1.29 is 13.7 Å². The summed E-state index contributed by atoms with van der Waals surface area (Å²) in [5.41, 5.74) is 1.53. The molecule has 196 valence electrons. The zero-order valence-electron chi connectivity index (χ0n) is 22.9. The molecule has 0 atom stereocenters. The molecule has 4 rings (SSSR count). The van der Waals surface area contributed by atoms with Crippen LogP contribution in [0.5, 0.6) is 0 Å². The highest BCUT2D eigenvalue weighted by atomic mass is 28.4. The van der Waals surface area contributed by atoms with Crippen molar-refractivity contribution in [1.82, 2.24) is 14.7 Å². The highest BCUT2D eigenvalue weighted by Gasteiger charge is 2.50. The van der Waals surface area contributed by atoms with Crippen LogP contribution in [-0.4, -0.2) is 37.7 Å². The Morgan fingerprint density at radius 2 is 1.51 bits per heavy atom. The zero-order valence-corrected chi connectivity index (χ0v) is 24.9. The van der Waals surface area contributed by atoms with Crippen molar-refractivity contribution in [2.45, 2.75) is 64.8 Å². The first-order valence-corrected chi connectivity index (χ1v) is 18.5. The first kappa shape index (κ1) is 27.3. The van der Waals surface area contributed by atoms with Gasteiger partial charge in [-0.25, -0.2) is 4.98 Å². The van der Waals surface area contributed by atoms with Crippen molar-refractivity contribution in [3.05, 3.63) is 84.9 Å². The molecule has 0 aliphatic carbocycles. The van der Waals surface area contributed by atoms with Gasteiger partial charge in [0.2, 0.25) is 0 Å². The van der Waals surface area contributed by atoms with Gasteiger partial charge in [0.15, 0.2) is 5.82 Å². The molecule has 0 saturated carbocycles. The van der Waals surface area contributed by atoms with Gasteiger partial charge in [-0.3, -0.25) is 0 Å². The lowest BCUT2D eigenvalue weighted by molar-refractivity contribution is 0.0880. The normalized spacial score (nSPS) is 12.7. The Kier molecular flexibility index (Phi) is 8.33. The van der Waals surface area contributed by atoms with E-state index in [9.17, 15) is 0 Å². The van der Waals surface area contributed by atoms with Crippen LogP contribution in [0.2, 0.25) is 30.7 Å². The van der Waals surface area contributed by atoms with E-state index in [1.807, 2.05) is 16.8 Å². The maximum Gasteiger partial charge on any atom is 0.261 e. The average Bonchev–Trinajstić information content (AvgIpc) is 3.52. The van der Waals surface area contributed by atoms with E-state index in [0.29, 0.717) is 19.0 Å². The van der Waals surface area contributed by atoms with Gasteiger partial charge in [0.1, 0.15) is 18.7 Å². The van der Waals surface area contributed by atoms with Gasteiger partial charge < -0.3 is 18.3 Å². The third-order valence-corrected chi connectivity index (χ3v) is 13.3. The summed E-state index contributed by atoms with van der Waals surface area (Å²) in [5.74, 6) is 0.725. The molecule has 2 heterocycles. The van der Waals surface area contributed by atoms with E-state index in [1.54, 1.807) is 6.26 Å². The van der Waals surface area contributed by atoms with E-state index in [2.05, 4.69) is 106 Å². The summed E-state index contributed by atoms with van der Waals surface area (Å²) in [7, 11) is -3.83. The molecule has 0 aliphatic rings. The minimum Gasteiger partial charge on any atom is -0.401 e. The van der Waals surface area contributed by atoms with Crippen molar-refractivity contribution >= 4 is 26.8 Å². The lowest BCUT2D eigenvalue weighted by atomic mass is 10.2. The molecule has 0 aliphatic heterocycles. The second-order valence-corrected chi connectivity index (χ2v) is 21.6. The summed E-state index contributed by atoms with van der Waals surface area (Å²) in [6.07, 6.45) is 3.59. The predicted molar refractivity (Wildman–Crippen MR) is 154 cm³/mol. The average molecular weight is 534 g/mol. The van der Waals surface area contributed by atoms with Gasteiger partial charge in [-0.2, -0.15) is 0 Å². The van der Waals surface area contributed by atoms with E-state index in [1.165, 1.54) is 10.4 Å². The van der Waals surface area contributed by atoms with Crippen LogP contribution < -0.4 is 10.4 Å². The molecule has 8 heteroatoms. The number of benzene rings is 2. The number of hydrogen-bond acceptors (Lipinski definition) is 5. The van der Waals surface area contributed by atoms with Gasteiger partial charge in [-0.05, 0) is 21.5 Å². The van der Waals surface area contributed by atoms with Gasteiger partial charge in [0, 0.05) is 26.9 Å². The Morgan fingerprint density at radius 1 is 0.892 bits per heavy atom. The summed E-state index contributed by atoms with van der Waals surface area (Å²) in [6, 6.07) is 24.3. The number of ether oxygens (including phenoxy) is 1. The topological polar surface area (TPSA) is 62.3 Å². The quantitative estimate of drug-likeness (QED) is 0.177. The fourth-order valence-electron chi connectivity index (χ4n) is 4.66. The van der Waals surface area contributed by atoms with E-state index < -0.39 is 16.4 Å². The highest BCUT2D eigenvalue weighted by Crippen LogP contribution is 2.37. The maximum absolute atomic E-state index is 7.09. The Bertz CT molecular complexity index is 1210. The number of hydrogen-bond donors (Lipinski definition) is 0. The fourth-order valence-corrected chi connectivity index (χ4v) is 9.93. The SMILES string of the molecule is CC(C)(C)[Si](OCc1cn(COCC[Si](C)(C)C)c(-c2ccon2)n1)(c1ccccc1)c1ccccc1. The van der Waals surface area contributed by atoms with Crippen molar-refractivity contribution in [2.75, 3.05) is 6.61 Å². The Hall–Kier alpha value is -2.79. The van der Waals surface area contributed by atoms with Crippen LogP contribution in [0.4, 0.5) is 0 Å². The van der Waals surface area contributed by atoms with Crippen molar-refractivity contribution in [3.63, 3.8) is 0 Å². The molecular weight excluding hydrogens is 495 g/mol. The molecule has 0 saturated heterocycles. The monoisotopic (exact) mass is 533 g/mol. The first-order valence-electron chi connectivity index (χ1n) is 12.9. The largest absolute Gasteiger partial charge is 0.401 e. The lowest BCUT2D eigenvalue weighted by Gasteiger charge is -2.42. The van der Waals surface area contributed by atoms with Crippen molar-refractivity contribution in [3.8, 4) is 11.5 Å². The molecule has 0 fully saturated rings. The molecule has 2 aromatic heterocycles. The molecule has 6 nitrogen and oxygen atoms in total. The second kappa shape index (κ2) is 11.3. The van der Waals surface area contributed by atoms with Gasteiger partial charge in [0.25, 0.3) is 8.32 Å². The van der Waals surface area contributed by atoms with Crippen molar-refractivity contribution in [2.24, 2.45) is 0 Å². The summed E-state index contributed by atoms with van der Waals surface area (Å²) in [6.45, 7) is 15.5. The van der Waals surface area contributed by atoms with E-state index in [4.69, 9.17) is 18.7 Å². The van der Waals surface area contributed by atoms with Gasteiger partial charge in [-0.1, -0.05) is 106 Å². The fraction of sp³-hybridized carbons (Fsp3) is 0.379. The van der Waals surface area contributed by atoms with E-state index in [0.717, 1.165) is 24.2 Å². The van der Waals surface area contributed by atoms with E-state index in [-0.39, 0.29) is 5.04 Å². The third kappa shape index (κ3) is 6.38. The number of aromatic nitrogens is 3. The summed E-state index contributed by atoms with van der Waals surface area (Å²) >= 11 is 0. The van der Waals surface area contributed by atoms with Crippen LogP contribution in [0.3, 0.4) is 0 Å². The lowest BCUT2D eigenvalue weighted by Crippen LogP contribution is -2.66. The third-order valence-electron chi connectivity index (χ3n) is 6.57. The van der Waals surface area contributed by atoms with Crippen molar-refractivity contribution in [1.29, 1.82) is 0 Å². The molecule has 4 aromatic rings. The van der Waals surface area contributed by atoms with Crippen LogP contribution in [0, 0.1) is 0 Å². The van der Waals surface area contributed by atoms with E-state index >= 15 is 0 Å².